The molecule has 0 saturated heterocycles. The van der Waals surface area contributed by atoms with Crippen LogP contribution in [-0.4, -0.2) is 28.0 Å². The summed E-state index contributed by atoms with van der Waals surface area (Å²) in [4.78, 5) is 0. The summed E-state index contributed by atoms with van der Waals surface area (Å²) < 4.78 is 1.78. The number of nitrogens with one attached hydrogen (secondary N) is 1. The Morgan fingerprint density at radius 1 is 1.57 bits per heavy atom. The van der Waals surface area contributed by atoms with E-state index in [0.717, 1.165) is 29.4 Å². The summed E-state index contributed by atoms with van der Waals surface area (Å²) in [7, 11) is 1.88. The first-order chi connectivity index (χ1) is 6.66. The van der Waals surface area contributed by atoms with Gasteiger partial charge in [0.25, 0.3) is 0 Å². The fraction of sp³-hybridized carbons (Fsp3) is 0.667. The van der Waals surface area contributed by atoms with Crippen molar-refractivity contribution in [2.75, 3.05) is 13.2 Å². The van der Waals surface area contributed by atoms with Gasteiger partial charge in [0, 0.05) is 20.2 Å². The number of halogens is 1. The fourth-order valence-electron chi connectivity index (χ4n) is 1.28. The average Bonchev–Trinajstić information content (AvgIpc) is 2.38. The molecule has 5 heteroatoms. The molecule has 0 atom stereocenters. The maximum Gasteiger partial charge on any atom is 0.0860 e. The van der Waals surface area contributed by atoms with Gasteiger partial charge in [-0.1, -0.05) is 11.6 Å². The van der Waals surface area contributed by atoms with Crippen LogP contribution in [0.5, 0.6) is 0 Å². The van der Waals surface area contributed by atoms with Crippen LogP contribution in [0.4, 0.5) is 0 Å². The molecule has 0 aliphatic heterocycles. The van der Waals surface area contributed by atoms with E-state index in [9.17, 15) is 0 Å². The van der Waals surface area contributed by atoms with E-state index < -0.39 is 0 Å². The highest BCUT2D eigenvalue weighted by molar-refractivity contribution is 6.31. The minimum Gasteiger partial charge on any atom is -0.396 e. The molecule has 0 saturated carbocycles. The van der Waals surface area contributed by atoms with Gasteiger partial charge < -0.3 is 10.4 Å². The Kier molecular flexibility index (Phi) is 4.38. The highest BCUT2D eigenvalue weighted by Gasteiger charge is 2.09. The number of hydrogen-bond donors (Lipinski definition) is 2. The van der Waals surface area contributed by atoms with Crippen molar-refractivity contribution < 1.29 is 5.11 Å². The summed E-state index contributed by atoms with van der Waals surface area (Å²) in [5, 5.41) is 16.7. The van der Waals surface area contributed by atoms with Crippen LogP contribution in [0.2, 0.25) is 5.02 Å². The lowest BCUT2D eigenvalue weighted by molar-refractivity contribution is 0.286. The first kappa shape index (κ1) is 11.5. The minimum atomic E-state index is 0.213. The van der Waals surface area contributed by atoms with E-state index in [1.54, 1.807) is 4.68 Å². The number of rotatable bonds is 5. The molecule has 0 aromatic carbocycles. The van der Waals surface area contributed by atoms with E-state index in [2.05, 4.69) is 10.4 Å². The van der Waals surface area contributed by atoms with Gasteiger partial charge >= 0.3 is 0 Å². The van der Waals surface area contributed by atoms with Crippen molar-refractivity contribution in [3.8, 4) is 0 Å². The molecule has 0 spiro atoms. The van der Waals surface area contributed by atoms with Crippen molar-refractivity contribution in [3.63, 3.8) is 0 Å². The van der Waals surface area contributed by atoms with Crippen LogP contribution in [0.3, 0.4) is 0 Å². The highest BCUT2D eigenvalue weighted by atomic mass is 35.5. The lowest BCUT2D eigenvalue weighted by Crippen LogP contribution is -2.18. The predicted molar refractivity (Wildman–Crippen MR) is 56.4 cm³/mol. The summed E-state index contributed by atoms with van der Waals surface area (Å²) in [6.45, 7) is 3.58. The van der Waals surface area contributed by atoms with E-state index in [1.165, 1.54) is 0 Å². The Bertz CT molecular complexity index is 298. The number of aromatic nitrogens is 2. The Balaban J connectivity index is 2.49. The summed E-state index contributed by atoms with van der Waals surface area (Å²) in [5.41, 5.74) is 1.84. The van der Waals surface area contributed by atoms with Gasteiger partial charge in [-0.05, 0) is 19.9 Å². The quantitative estimate of drug-likeness (QED) is 0.720. The molecular weight excluding hydrogens is 202 g/mol. The van der Waals surface area contributed by atoms with Crippen molar-refractivity contribution in [1.82, 2.24) is 15.1 Å². The lowest BCUT2D eigenvalue weighted by atomic mass is 10.3. The smallest absolute Gasteiger partial charge is 0.0860 e. The third-order valence-electron chi connectivity index (χ3n) is 2.07. The fourth-order valence-corrected chi connectivity index (χ4v) is 1.51. The average molecular weight is 218 g/mol. The van der Waals surface area contributed by atoms with Gasteiger partial charge in [-0.2, -0.15) is 5.10 Å². The third-order valence-corrected chi connectivity index (χ3v) is 2.56. The van der Waals surface area contributed by atoms with Gasteiger partial charge in [0.05, 0.1) is 16.4 Å². The summed E-state index contributed by atoms with van der Waals surface area (Å²) in [6, 6.07) is 0. The van der Waals surface area contributed by atoms with Crippen molar-refractivity contribution in [2.24, 2.45) is 7.05 Å². The molecule has 1 heterocycles. The second-order valence-electron chi connectivity index (χ2n) is 3.22. The topological polar surface area (TPSA) is 50.1 Å². The van der Waals surface area contributed by atoms with E-state index in [1.807, 2.05) is 14.0 Å². The van der Waals surface area contributed by atoms with Crippen molar-refractivity contribution >= 4 is 11.6 Å². The summed E-state index contributed by atoms with van der Waals surface area (Å²) in [6.07, 6.45) is 0.758. The molecule has 0 bridgehead atoms. The van der Waals surface area contributed by atoms with Gasteiger partial charge in [0.2, 0.25) is 0 Å². The van der Waals surface area contributed by atoms with Crippen LogP contribution >= 0.6 is 11.6 Å². The van der Waals surface area contributed by atoms with Crippen LogP contribution in [0.15, 0.2) is 0 Å². The summed E-state index contributed by atoms with van der Waals surface area (Å²) in [5.74, 6) is 0. The van der Waals surface area contributed by atoms with E-state index in [0.29, 0.717) is 6.54 Å². The molecular formula is C9H16ClN3O. The van der Waals surface area contributed by atoms with Crippen LogP contribution in [-0.2, 0) is 13.6 Å². The second kappa shape index (κ2) is 5.34. The van der Waals surface area contributed by atoms with Gasteiger partial charge in [0.15, 0.2) is 0 Å². The molecule has 80 valence electrons. The molecule has 14 heavy (non-hydrogen) atoms. The third kappa shape index (κ3) is 2.70. The molecule has 0 aliphatic rings. The maximum absolute atomic E-state index is 8.59. The van der Waals surface area contributed by atoms with Crippen LogP contribution in [0, 0.1) is 6.92 Å². The molecule has 0 unspecified atom stereocenters. The predicted octanol–water partition coefficient (Wildman–Crippen LogP) is 0.854. The molecule has 1 aromatic rings. The normalized spacial score (nSPS) is 10.9. The van der Waals surface area contributed by atoms with E-state index in [4.69, 9.17) is 16.7 Å². The van der Waals surface area contributed by atoms with Gasteiger partial charge in [0.1, 0.15) is 0 Å². The van der Waals surface area contributed by atoms with E-state index >= 15 is 0 Å². The van der Waals surface area contributed by atoms with Crippen molar-refractivity contribution in [3.05, 3.63) is 16.4 Å². The molecule has 1 aromatic heterocycles. The zero-order chi connectivity index (χ0) is 10.6. The first-order valence-corrected chi connectivity index (χ1v) is 5.04. The number of aliphatic hydroxyl groups excluding tert-OH is 1. The highest BCUT2D eigenvalue weighted by Crippen LogP contribution is 2.18. The lowest BCUT2D eigenvalue weighted by Gasteiger charge is -2.04. The maximum atomic E-state index is 8.59. The number of nitrogens with zero attached hydrogens (tertiary/aromatic N) is 2. The Hall–Kier alpha value is -0.580. The molecule has 2 N–H and O–H groups in total. The van der Waals surface area contributed by atoms with Gasteiger partial charge in [-0.15, -0.1) is 0 Å². The molecule has 1 rings (SSSR count). The SMILES string of the molecule is Cc1nn(C)c(CNCCCO)c1Cl. The molecule has 0 amide bonds. The monoisotopic (exact) mass is 217 g/mol. The zero-order valence-electron chi connectivity index (χ0n) is 8.55. The van der Waals surface area contributed by atoms with E-state index in [-0.39, 0.29) is 6.61 Å². The second-order valence-corrected chi connectivity index (χ2v) is 3.60. The number of aryl methyl sites for hydroxylation is 2. The molecule has 0 aliphatic carbocycles. The Morgan fingerprint density at radius 2 is 2.29 bits per heavy atom. The molecule has 0 fully saturated rings. The van der Waals surface area contributed by atoms with Crippen LogP contribution < -0.4 is 5.32 Å². The Labute approximate surface area is 88.9 Å². The van der Waals surface area contributed by atoms with Crippen LogP contribution in [0.1, 0.15) is 17.8 Å². The number of aliphatic hydroxyl groups is 1. The standard InChI is InChI=1S/C9H16ClN3O/c1-7-9(10)8(13(2)12-7)6-11-4-3-5-14/h11,14H,3-6H2,1-2H3. The van der Waals surface area contributed by atoms with Crippen molar-refractivity contribution in [2.45, 2.75) is 19.9 Å². The molecule has 0 radical (unpaired) electrons. The molecule has 4 nitrogen and oxygen atoms in total. The largest absolute Gasteiger partial charge is 0.396 e. The minimum absolute atomic E-state index is 0.213. The van der Waals surface area contributed by atoms with Gasteiger partial charge in [-0.25, -0.2) is 0 Å². The Morgan fingerprint density at radius 3 is 2.79 bits per heavy atom. The van der Waals surface area contributed by atoms with Crippen LogP contribution in [0.25, 0.3) is 0 Å². The summed E-state index contributed by atoms with van der Waals surface area (Å²) >= 11 is 6.05. The number of hydrogen-bond acceptors (Lipinski definition) is 3. The van der Waals surface area contributed by atoms with Gasteiger partial charge in [-0.3, -0.25) is 4.68 Å². The first-order valence-electron chi connectivity index (χ1n) is 4.66. The zero-order valence-corrected chi connectivity index (χ0v) is 9.30. The van der Waals surface area contributed by atoms with Crippen molar-refractivity contribution in [1.29, 1.82) is 0 Å².